The first-order chi connectivity index (χ1) is 12.0. The zero-order valence-electron chi connectivity index (χ0n) is 14.0. The Hall–Kier alpha value is -2.67. The van der Waals surface area contributed by atoms with Crippen molar-refractivity contribution in [2.45, 2.75) is 32.4 Å². The minimum Gasteiger partial charge on any atom is -0.396 e. The molecule has 25 heavy (non-hydrogen) atoms. The van der Waals surface area contributed by atoms with Crippen LogP contribution >= 0.6 is 0 Å². The number of nitrogens with zero attached hydrogens (tertiary/aromatic N) is 1. The first-order valence-electron chi connectivity index (χ1n) is 8.12. The molecule has 0 aliphatic heterocycles. The Bertz CT molecular complexity index is 759. The average molecular weight is 347 g/mol. The Balaban J connectivity index is 2.03. The maximum atomic E-state index is 13.0. The Labute approximate surface area is 145 Å². The largest absolute Gasteiger partial charge is 0.396 e. The van der Waals surface area contributed by atoms with Crippen LogP contribution < -0.4 is 16.2 Å². The van der Waals surface area contributed by atoms with E-state index in [-0.39, 0.29) is 36.3 Å². The Morgan fingerprint density at radius 1 is 1.28 bits per heavy atom. The van der Waals surface area contributed by atoms with E-state index in [2.05, 4.69) is 10.6 Å². The molecule has 1 heterocycles. The van der Waals surface area contributed by atoms with E-state index in [0.29, 0.717) is 12.8 Å². The zero-order chi connectivity index (χ0) is 18.2. The van der Waals surface area contributed by atoms with Crippen LogP contribution in [0.25, 0.3) is 0 Å². The van der Waals surface area contributed by atoms with E-state index < -0.39 is 6.03 Å². The molecule has 0 fully saturated rings. The predicted molar refractivity (Wildman–Crippen MR) is 94.1 cm³/mol. The first-order valence-corrected chi connectivity index (χ1v) is 8.12. The molecule has 1 atom stereocenters. The molecule has 0 saturated heterocycles. The number of rotatable bonds is 7. The number of aliphatic hydroxyl groups is 1. The van der Waals surface area contributed by atoms with Crippen LogP contribution in [-0.4, -0.2) is 28.4 Å². The molecule has 0 spiro atoms. The average Bonchev–Trinajstić information content (AvgIpc) is 2.58. The van der Waals surface area contributed by atoms with Crippen LogP contribution in [0.3, 0.4) is 0 Å². The van der Waals surface area contributed by atoms with Gasteiger partial charge in [-0.15, -0.1) is 0 Å². The van der Waals surface area contributed by atoms with Crippen LogP contribution in [0.2, 0.25) is 0 Å². The molecule has 1 aromatic carbocycles. The van der Waals surface area contributed by atoms with E-state index in [1.807, 2.05) is 6.92 Å². The molecule has 2 aromatic rings. The topological polar surface area (TPSA) is 83.4 Å². The monoisotopic (exact) mass is 347 g/mol. The molecule has 1 aromatic heterocycles. The molecule has 0 aliphatic rings. The lowest BCUT2D eigenvalue weighted by molar-refractivity contribution is 0.245. The van der Waals surface area contributed by atoms with Crippen molar-refractivity contribution in [1.29, 1.82) is 0 Å². The summed E-state index contributed by atoms with van der Waals surface area (Å²) in [5.41, 5.74) is 0.601. The lowest BCUT2D eigenvalue weighted by Crippen LogP contribution is -2.38. The number of aliphatic hydroxyl groups excluding tert-OH is 1. The van der Waals surface area contributed by atoms with Gasteiger partial charge < -0.3 is 20.3 Å². The highest BCUT2D eigenvalue weighted by molar-refractivity contribution is 5.89. The smallest absolute Gasteiger partial charge is 0.319 e. The van der Waals surface area contributed by atoms with Gasteiger partial charge in [0.2, 0.25) is 0 Å². The summed E-state index contributed by atoms with van der Waals surface area (Å²) in [6.07, 6.45) is 2.85. The van der Waals surface area contributed by atoms with Crippen molar-refractivity contribution in [2.75, 3.05) is 11.9 Å². The molecule has 2 rings (SSSR count). The fourth-order valence-electron chi connectivity index (χ4n) is 2.39. The zero-order valence-corrected chi connectivity index (χ0v) is 14.0. The number of halogens is 1. The number of urea groups is 1. The molecule has 3 N–H and O–H groups in total. The summed E-state index contributed by atoms with van der Waals surface area (Å²) in [6, 6.07) is 8.50. The van der Waals surface area contributed by atoms with E-state index in [9.17, 15) is 14.0 Å². The summed E-state index contributed by atoms with van der Waals surface area (Å²) in [7, 11) is 0. The Kier molecular flexibility index (Phi) is 6.71. The second-order valence-corrected chi connectivity index (χ2v) is 5.85. The highest BCUT2D eigenvalue weighted by atomic mass is 19.1. The van der Waals surface area contributed by atoms with Gasteiger partial charge in [-0.2, -0.15) is 0 Å². The third kappa shape index (κ3) is 5.72. The molecule has 0 bridgehead atoms. The third-order valence-electron chi connectivity index (χ3n) is 3.71. The SMILES string of the molecule is CC(CCCO)NC(=O)Nc1cccn(Cc2ccc(F)cc2)c1=O. The van der Waals surface area contributed by atoms with Gasteiger partial charge in [-0.05, 0) is 49.6 Å². The molecule has 0 aliphatic carbocycles. The molecule has 2 amide bonds. The van der Waals surface area contributed by atoms with Gasteiger partial charge in [0.25, 0.3) is 5.56 Å². The number of amides is 2. The van der Waals surface area contributed by atoms with Crippen LogP contribution in [-0.2, 0) is 6.54 Å². The van der Waals surface area contributed by atoms with Crippen LogP contribution in [0.4, 0.5) is 14.9 Å². The van der Waals surface area contributed by atoms with Gasteiger partial charge in [-0.3, -0.25) is 4.79 Å². The van der Waals surface area contributed by atoms with Crippen LogP contribution in [0, 0.1) is 5.82 Å². The van der Waals surface area contributed by atoms with E-state index in [4.69, 9.17) is 5.11 Å². The van der Waals surface area contributed by atoms with Gasteiger partial charge >= 0.3 is 6.03 Å². The van der Waals surface area contributed by atoms with Gasteiger partial charge in [0, 0.05) is 18.8 Å². The Morgan fingerprint density at radius 3 is 2.68 bits per heavy atom. The van der Waals surface area contributed by atoms with Gasteiger partial charge in [0.1, 0.15) is 11.5 Å². The van der Waals surface area contributed by atoms with Gasteiger partial charge in [0.05, 0.1) is 6.54 Å². The van der Waals surface area contributed by atoms with Gasteiger partial charge in [-0.1, -0.05) is 12.1 Å². The Morgan fingerprint density at radius 2 is 2.00 bits per heavy atom. The van der Waals surface area contributed by atoms with E-state index in [0.717, 1.165) is 5.56 Å². The molecule has 0 saturated carbocycles. The van der Waals surface area contributed by atoms with Gasteiger partial charge in [-0.25, -0.2) is 9.18 Å². The van der Waals surface area contributed by atoms with E-state index in [1.54, 1.807) is 24.4 Å². The number of pyridine rings is 1. The van der Waals surface area contributed by atoms with Gasteiger partial charge in [0.15, 0.2) is 0 Å². The number of hydrogen-bond donors (Lipinski definition) is 3. The van der Waals surface area contributed by atoms with Crippen LogP contribution in [0.1, 0.15) is 25.3 Å². The molecular formula is C18H22FN3O3. The first kappa shape index (κ1) is 18.7. The minimum atomic E-state index is -0.470. The minimum absolute atomic E-state index is 0.0699. The second-order valence-electron chi connectivity index (χ2n) is 5.85. The fourth-order valence-corrected chi connectivity index (χ4v) is 2.39. The second kappa shape index (κ2) is 8.98. The van der Waals surface area contributed by atoms with Crippen molar-refractivity contribution in [3.05, 3.63) is 64.3 Å². The maximum absolute atomic E-state index is 13.0. The molecule has 7 heteroatoms. The highest BCUT2D eigenvalue weighted by Gasteiger charge is 2.10. The van der Waals surface area contributed by atoms with Crippen molar-refractivity contribution >= 4 is 11.7 Å². The quantitative estimate of drug-likeness (QED) is 0.719. The molecule has 1 unspecified atom stereocenters. The van der Waals surface area contributed by atoms with E-state index >= 15 is 0 Å². The lowest BCUT2D eigenvalue weighted by Gasteiger charge is -2.14. The van der Waals surface area contributed by atoms with Crippen molar-refractivity contribution < 1.29 is 14.3 Å². The highest BCUT2D eigenvalue weighted by Crippen LogP contribution is 2.06. The number of carbonyl (C=O) groups excluding carboxylic acids is 1. The van der Waals surface area contributed by atoms with Crippen LogP contribution in [0.5, 0.6) is 0 Å². The summed E-state index contributed by atoms with van der Waals surface area (Å²) >= 11 is 0. The maximum Gasteiger partial charge on any atom is 0.319 e. The fraction of sp³-hybridized carbons (Fsp3) is 0.333. The molecule has 6 nitrogen and oxygen atoms in total. The third-order valence-corrected chi connectivity index (χ3v) is 3.71. The lowest BCUT2D eigenvalue weighted by atomic mass is 10.2. The molecular weight excluding hydrogens is 325 g/mol. The van der Waals surface area contributed by atoms with Crippen molar-refractivity contribution in [1.82, 2.24) is 9.88 Å². The number of nitrogens with one attached hydrogen (secondary N) is 2. The summed E-state index contributed by atoms with van der Waals surface area (Å²) in [4.78, 5) is 24.4. The number of hydrogen-bond acceptors (Lipinski definition) is 3. The summed E-state index contributed by atoms with van der Waals surface area (Å²) in [5.74, 6) is -0.335. The van der Waals surface area contributed by atoms with Crippen molar-refractivity contribution in [2.24, 2.45) is 0 Å². The number of benzene rings is 1. The number of aromatic nitrogens is 1. The van der Waals surface area contributed by atoms with Crippen LogP contribution in [0.15, 0.2) is 47.4 Å². The van der Waals surface area contributed by atoms with Crippen molar-refractivity contribution in [3.63, 3.8) is 0 Å². The number of anilines is 1. The standard InChI is InChI=1S/C18H22FN3O3/c1-13(4-3-11-23)20-18(25)21-16-5-2-10-22(17(16)24)12-14-6-8-15(19)9-7-14/h2,5-10,13,23H,3-4,11-12H2,1H3,(H2,20,21,25). The number of carbonyl (C=O) groups is 1. The van der Waals surface area contributed by atoms with Crippen molar-refractivity contribution in [3.8, 4) is 0 Å². The summed E-state index contributed by atoms with van der Waals surface area (Å²) in [5, 5.41) is 14.1. The normalized spacial score (nSPS) is 11.8. The summed E-state index contributed by atoms with van der Waals surface area (Å²) in [6.45, 7) is 2.18. The van der Waals surface area contributed by atoms with E-state index in [1.165, 1.54) is 22.8 Å². The molecule has 134 valence electrons. The molecule has 0 radical (unpaired) electrons. The predicted octanol–water partition coefficient (Wildman–Crippen LogP) is 2.32. The summed E-state index contributed by atoms with van der Waals surface area (Å²) < 4.78 is 14.4.